The molecule has 0 fully saturated rings. The summed E-state index contributed by atoms with van der Waals surface area (Å²) in [7, 11) is 0. The van der Waals surface area contributed by atoms with Gasteiger partial charge in [-0.15, -0.1) is 0 Å². The van der Waals surface area contributed by atoms with Crippen molar-refractivity contribution >= 4 is 16.7 Å². The van der Waals surface area contributed by atoms with E-state index < -0.39 is 0 Å². The number of benzene rings is 1. The number of anilines is 1. The second-order valence-electron chi connectivity index (χ2n) is 4.24. The van der Waals surface area contributed by atoms with Crippen LogP contribution in [0.2, 0.25) is 0 Å². The molecular weight excluding hydrogens is 231 g/mol. The van der Waals surface area contributed by atoms with E-state index in [2.05, 4.69) is 4.98 Å². The van der Waals surface area contributed by atoms with Crippen LogP contribution in [-0.2, 0) is 0 Å². The van der Waals surface area contributed by atoms with E-state index in [4.69, 9.17) is 10.2 Å². The number of hydrogen-bond acceptors (Lipinski definition) is 3. The second-order valence-corrected chi connectivity index (χ2v) is 4.24. The lowest BCUT2D eigenvalue weighted by atomic mass is 10.2. The molecule has 0 aliphatic carbocycles. The molecule has 0 aliphatic rings. The molecule has 0 saturated carbocycles. The van der Waals surface area contributed by atoms with Crippen molar-refractivity contribution in [3.05, 3.63) is 47.9 Å². The van der Waals surface area contributed by atoms with Gasteiger partial charge in [-0.3, -0.25) is 4.98 Å². The van der Waals surface area contributed by atoms with Crippen LogP contribution in [0.25, 0.3) is 22.4 Å². The van der Waals surface area contributed by atoms with Crippen LogP contribution in [0.1, 0.15) is 5.56 Å². The minimum Gasteiger partial charge on any atom is -0.454 e. The van der Waals surface area contributed by atoms with Crippen molar-refractivity contribution < 1.29 is 8.81 Å². The third-order valence-corrected chi connectivity index (χ3v) is 2.77. The first kappa shape index (κ1) is 10.8. The van der Waals surface area contributed by atoms with Gasteiger partial charge in [0.1, 0.15) is 17.1 Å². The molecule has 0 bridgehead atoms. The van der Waals surface area contributed by atoms with Crippen molar-refractivity contribution in [2.45, 2.75) is 6.92 Å². The Balaban J connectivity index is 2.19. The molecular formula is C14H11FN2O. The summed E-state index contributed by atoms with van der Waals surface area (Å²) in [5.74, 6) is 0.257. The Bertz CT molecular complexity index is 734. The van der Waals surface area contributed by atoms with Crippen LogP contribution >= 0.6 is 0 Å². The summed E-state index contributed by atoms with van der Waals surface area (Å²) >= 11 is 0. The van der Waals surface area contributed by atoms with Crippen molar-refractivity contribution in [1.29, 1.82) is 0 Å². The van der Waals surface area contributed by atoms with E-state index >= 15 is 0 Å². The van der Waals surface area contributed by atoms with Gasteiger partial charge in [-0.25, -0.2) is 4.39 Å². The van der Waals surface area contributed by atoms with Crippen LogP contribution in [-0.4, -0.2) is 4.98 Å². The summed E-state index contributed by atoms with van der Waals surface area (Å²) in [6.07, 6.45) is 1.72. The molecule has 4 heteroatoms. The maximum atomic E-state index is 13.1. The van der Waals surface area contributed by atoms with E-state index in [9.17, 15) is 4.39 Å². The van der Waals surface area contributed by atoms with Crippen LogP contribution in [0, 0.1) is 12.7 Å². The van der Waals surface area contributed by atoms with Crippen LogP contribution in [0.4, 0.5) is 10.1 Å². The lowest BCUT2D eigenvalue weighted by Gasteiger charge is -2.01. The molecule has 0 aliphatic heterocycles. The van der Waals surface area contributed by atoms with Gasteiger partial charge < -0.3 is 10.2 Å². The maximum Gasteiger partial charge on any atom is 0.155 e. The summed E-state index contributed by atoms with van der Waals surface area (Å²) < 4.78 is 18.7. The Morgan fingerprint density at radius 1 is 1.22 bits per heavy atom. The molecule has 3 nitrogen and oxygen atoms in total. The summed E-state index contributed by atoms with van der Waals surface area (Å²) in [6, 6.07) is 7.95. The number of fused-ring (bicyclic) bond motifs is 1. The average molecular weight is 242 g/mol. The van der Waals surface area contributed by atoms with E-state index in [1.807, 2.05) is 13.0 Å². The molecule has 3 rings (SSSR count). The monoisotopic (exact) mass is 242 g/mol. The zero-order valence-electron chi connectivity index (χ0n) is 9.77. The molecule has 2 heterocycles. The molecule has 1 aromatic carbocycles. The molecule has 0 unspecified atom stereocenters. The van der Waals surface area contributed by atoms with Crippen LogP contribution in [0.3, 0.4) is 0 Å². The van der Waals surface area contributed by atoms with Gasteiger partial charge in [0, 0.05) is 11.6 Å². The van der Waals surface area contributed by atoms with E-state index in [1.54, 1.807) is 18.3 Å². The van der Waals surface area contributed by atoms with Crippen LogP contribution in [0.15, 0.2) is 40.9 Å². The molecule has 0 spiro atoms. The predicted molar refractivity (Wildman–Crippen MR) is 68.6 cm³/mol. The number of halogens is 1. The maximum absolute atomic E-state index is 13.1. The Morgan fingerprint density at radius 3 is 2.83 bits per heavy atom. The summed E-state index contributed by atoms with van der Waals surface area (Å²) in [5, 5.41) is 0.701. The number of nitrogens with zero attached hydrogens (tertiary/aromatic N) is 1. The van der Waals surface area contributed by atoms with Gasteiger partial charge in [0.2, 0.25) is 0 Å². The molecule has 18 heavy (non-hydrogen) atoms. The standard InChI is InChI=1S/C14H11FN2O/c1-8-4-11(16)14(17-7-8)13-6-9-5-10(15)2-3-12(9)18-13/h2-7H,16H2,1H3. The number of aromatic nitrogens is 1. The van der Waals surface area contributed by atoms with E-state index in [-0.39, 0.29) is 5.82 Å². The number of hydrogen-bond donors (Lipinski definition) is 1. The molecule has 90 valence electrons. The summed E-state index contributed by atoms with van der Waals surface area (Å²) in [6.45, 7) is 1.92. The normalized spacial score (nSPS) is 11.0. The highest BCUT2D eigenvalue weighted by Crippen LogP contribution is 2.30. The van der Waals surface area contributed by atoms with Gasteiger partial charge in [-0.2, -0.15) is 0 Å². The molecule has 0 saturated heterocycles. The highest BCUT2D eigenvalue weighted by molar-refractivity contribution is 5.84. The largest absolute Gasteiger partial charge is 0.454 e. The quantitative estimate of drug-likeness (QED) is 0.710. The number of rotatable bonds is 1. The first-order valence-electron chi connectivity index (χ1n) is 5.55. The lowest BCUT2D eigenvalue weighted by molar-refractivity contribution is 0.618. The fraction of sp³-hybridized carbons (Fsp3) is 0.0714. The van der Waals surface area contributed by atoms with Crippen molar-refractivity contribution in [2.24, 2.45) is 0 Å². The van der Waals surface area contributed by atoms with Gasteiger partial charge in [-0.05, 0) is 42.8 Å². The van der Waals surface area contributed by atoms with Gasteiger partial charge >= 0.3 is 0 Å². The SMILES string of the molecule is Cc1cnc(-c2cc3cc(F)ccc3o2)c(N)c1. The van der Waals surface area contributed by atoms with Gasteiger partial charge in [0.25, 0.3) is 0 Å². The predicted octanol–water partition coefficient (Wildman–Crippen LogP) is 3.52. The van der Waals surface area contributed by atoms with Gasteiger partial charge in [-0.1, -0.05) is 0 Å². The molecule has 0 radical (unpaired) electrons. The number of nitrogen functional groups attached to an aromatic ring is 1. The third kappa shape index (κ3) is 1.72. The number of nitrogens with two attached hydrogens (primary N) is 1. The Kier molecular flexibility index (Phi) is 2.30. The Morgan fingerprint density at radius 2 is 2.06 bits per heavy atom. The van der Waals surface area contributed by atoms with Crippen molar-refractivity contribution in [3.8, 4) is 11.5 Å². The highest BCUT2D eigenvalue weighted by Gasteiger charge is 2.11. The zero-order valence-corrected chi connectivity index (χ0v) is 9.77. The van der Waals surface area contributed by atoms with Gasteiger partial charge in [0.05, 0.1) is 5.69 Å². The summed E-state index contributed by atoms with van der Waals surface area (Å²) in [4.78, 5) is 4.25. The Hall–Kier alpha value is -2.36. The number of pyridine rings is 1. The van der Waals surface area contributed by atoms with Gasteiger partial charge in [0.15, 0.2) is 5.76 Å². The first-order valence-corrected chi connectivity index (χ1v) is 5.55. The van der Waals surface area contributed by atoms with Crippen molar-refractivity contribution in [2.75, 3.05) is 5.73 Å². The molecule has 2 aromatic heterocycles. The third-order valence-electron chi connectivity index (χ3n) is 2.77. The Labute approximate surface area is 103 Å². The first-order chi connectivity index (χ1) is 8.63. The van der Waals surface area contributed by atoms with Crippen LogP contribution in [0.5, 0.6) is 0 Å². The lowest BCUT2D eigenvalue weighted by Crippen LogP contribution is -1.93. The molecule has 3 aromatic rings. The van der Waals surface area contributed by atoms with Crippen LogP contribution < -0.4 is 5.73 Å². The fourth-order valence-electron chi connectivity index (χ4n) is 1.93. The van der Waals surface area contributed by atoms with E-state index in [0.717, 1.165) is 5.56 Å². The minimum absolute atomic E-state index is 0.292. The summed E-state index contributed by atoms with van der Waals surface area (Å²) in [5.41, 5.74) is 8.64. The number of furan rings is 1. The van der Waals surface area contributed by atoms with E-state index in [0.29, 0.717) is 28.1 Å². The minimum atomic E-state index is -0.292. The van der Waals surface area contributed by atoms with E-state index in [1.165, 1.54) is 12.1 Å². The number of aryl methyl sites for hydroxylation is 1. The second kappa shape index (κ2) is 3.84. The smallest absolute Gasteiger partial charge is 0.155 e. The highest BCUT2D eigenvalue weighted by atomic mass is 19.1. The zero-order chi connectivity index (χ0) is 12.7. The van der Waals surface area contributed by atoms with Crippen molar-refractivity contribution in [3.63, 3.8) is 0 Å². The topological polar surface area (TPSA) is 52.0 Å². The van der Waals surface area contributed by atoms with Crippen molar-refractivity contribution in [1.82, 2.24) is 4.98 Å². The molecule has 0 amide bonds. The molecule has 2 N–H and O–H groups in total. The molecule has 0 atom stereocenters. The fourth-order valence-corrected chi connectivity index (χ4v) is 1.93. The average Bonchev–Trinajstić information content (AvgIpc) is 2.71.